The van der Waals surface area contributed by atoms with E-state index in [9.17, 15) is 35.9 Å². The van der Waals surface area contributed by atoms with Crippen LogP contribution in [0.1, 0.15) is 0 Å². The molecule has 0 aliphatic carbocycles. The lowest BCUT2D eigenvalue weighted by Gasteiger charge is -2.07. The van der Waals surface area contributed by atoms with Gasteiger partial charge in [0.25, 0.3) is 0 Å². The molecule has 0 aliphatic rings. The van der Waals surface area contributed by atoms with E-state index in [1.807, 2.05) is 0 Å². The number of alkyl halides is 6. The average molecular weight is 556 g/mol. The van der Waals surface area contributed by atoms with Crippen LogP contribution in [0.3, 0.4) is 0 Å². The molecule has 0 aromatic heterocycles. The molecular formula is C10H4F6I2O4. The predicted molar refractivity (Wildman–Crippen MR) is 76.2 cm³/mol. The topological polar surface area (TPSA) is 52.6 Å². The van der Waals surface area contributed by atoms with Gasteiger partial charge in [0, 0.05) is 7.14 Å². The molecule has 1 rings (SSSR count). The minimum Gasteiger partial charge on any atom is -0.396 e. The SMILES string of the molecule is O=C(O[I]c1ccc([I]OC(=O)C(F)(F)F)cc1)C(F)(F)F. The Balaban J connectivity index is 2.50. The first kappa shape index (κ1) is 19.2. The fourth-order valence-corrected chi connectivity index (χ4v) is 3.49. The molecule has 0 fully saturated rings. The van der Waals surface area contributed by atoms with Gasteiger partial charge in [-0.2, -0.15) is 26.3 Å². The van der Waals surface area contributed by atoms with Crippen molar-refractivity contribution in [2.75, 3.05) is 0 Å². The Morgan fingerprint density at radius 1 is 0.727 bits per heavy atom. The van der Waals surface area contributed by atoms with Crippen molar-refractivity contribution in [3.05, 3.63) is 31.4 Å². The maximum absolute atomic E-state index is 11.9. The lowest BCUT2D eigenvalue weighted by Crippen LogP contribution is -2.22. The molecule has 0 atom stereocenters. The Bertz CT molecular complexity index is 491. The van der Waals surface area contributed by atoms with Crippen molar-refractivity contribution in [3.8, 4) is 0 Å². The Hall–Kier alpha value is -0.800. The molecule has 0 bridgehead atoms. The third-order valence-electron chi connectivity index (χ3n) is 1.66. The van der Waals surface area contributed by atoms with Gasteiger partial charge in [-0.25, -0.2) is 9.59 Å². The van der Waals surface area contributed by atoms with Crippen LogP contribution in [0.2, 0.25) is 0 Å². The maximum Gasteiger partial charge on any atom is 0.491 e. The van der Waals surface area contributed by atoms with Crippen LogP contribution in [0.4, 0.5) is 26.3 Å². The molecule has 0 heterocycles. The number of hydrogen-bond donors (Lipinski definition) is 0. The molecule has 124 valence electrons. The van der Waals surface area contributed by atoms with E-state index >= 15 is 0 Å². The van der Waals surface area contributed by atoms with Crippen LogP contribution in [-0.4, -0.2) is 24.3 Å². The first-order valence-electron chi connectivity index (χ1n) is 4.96. The smallest absolute Gasteiger partial charge is 0.396 e. The molecule has 1 aromatic rings. The fourth-order valence-electron chi connectivity index (χ4n) is 0.779. The van der Waals surface area contributed by atoms with Crippen LogP contribution < -0.4 is 0 Å². The van der Waals surface area contributed by atoms with E-state index in [1.165, 1.54) is 24.3 Å². The molecule has 0 spiro atoms. The van der Waals surface area contributed by atoms with Gasteiger partial charge in [-0.15, -0.1) is 0 Å². The number of hydrogen-bond acceptors (Lipinski definition) is 4. The molecule has 0 N–H and O–H groups in total. The highest BCUT2D eigenvalue weighted by Crippen LogP contribution is 2.31. The summed E-state index contributed by atoms with van der Waals surface area (Å²) in [5, 5.41) is 0. The number of rotatable bonds is 4. The van der Waals surface area contributed by atoms with Crippen LogP contribution in [-0.2, 0) is 15.7 Å². The Morgan fingerprint density at radius 2 is 1.00 bits per heavy atom. The number of benzene rings is 1. The number of carbonyl (C=O) groups is 2. The van der Waals surface area contributed by atoms with E-state index in [0.717, 1.165) is 0 Å². The van der Waals surface area contributed by atoms with Crippen molar-refractivity contribution in [1.29, 1.82) is 0 Å². The summed E-state index contributed by atoms with van der Waals surface area (Å²) >= 11 is -3.36. The zero-order valence-electron chi connectivity index (χ0n) is 9.97. The van der Waals surface area contributed by atoms with Gasteiger partial charge in [0.2, 0.25) is 0 Å². The van der Waals surface area contributed by atoms with Crippen molar-refractivity contribution in [3.63, 3.8) is 0 Å². The molecule has 2 radical (unpaired) electrons. The number of halogens is 8. The van der Waals surface area contributed by atoms with Crippen molar-refractivity contribution < 1.29 is 42.1 Å². The third kappa shape index (κ3) is 6.53. The zero-order chi connectivity index (χ0) is 17.0. The van der Waals surface area contributed by atoms with E-state index < -0.39 is 67.5 Å². The lowest BCUT2D eigenvalue weighted by atomic mass is 10.4. The van der Waals surface area contributed by atoms with Crippen LogP contribution in [0.5, 0.6) is 0 Å². The highest BCUT2D eigenvalue weighted by atomic mass is 127. The second-order valence-electron chi connectivity index (χ2n) is 3.32. The van der Waals surface area contributed by atoms with E-state index in [2.05, 4.69) is 6.13 Å². The first-order valence-corrected chi connectivity index (χ1v) is 8.88. The summed E-state index contributed by atoms with van der Waals surface area (Å²) in [6.45, 7) is 0. The maximum atomic E-state index is 11.9. The Kier molecular flexibility index (Phi) is 6.69. The van der Waals surface area contributed by atoms with Crippen LogP contribution >= 0.6 is 43.2 Å². The summed E-state index contributed by atoms with van der Waals surface area (Å²) < 4.78 is 80.2. The molecule has 12 heteroatoms. The van der Waals surface area contributed by atoms with Gasteiger partial charge in [0.05, 0.1) is 0 Å². The normalized spacial score (nSPS) is 11.9. The molecule has 1 aromatic carbocycles. The minimum atomic E-state index is -5.07. The van der Waals surface area contributed by atoms with Crippen molar-refractivity contribution in [2.24, 2.45) is 0 Å². The van der Waals surface area contributed by atoms with Gasteiger partial charge in [0.1, 0.15) is 43.2 Å². The van der Waals surface area contributed by atoms with Crippen LogP contribution in [0.25, 0.3) is 0 Å². The Morgan fingerprint density at radius 3 is 1.23 bits per heavy atom. The van der Waals surface area contributed by atoms with Gasteiger partial charge in [0.15, 0.2) is 0 Å². The molecule has 22 heavy (non-hydrogen) atoms. The molecule has 0 amide bonds. The van der Waals surface area contributed by atoms with Crippen molar-refractivity contribution in [2.45, 2.75) is 12.4 Å². The van der Waals surface area contributed by atoms with E-state index in [-0.39, 0.29) is 0 Å². The van der Waals surface area contributed by atoms with Crippen LogP contribution in [0.15, 0.2) is 24.3 Å². The van der Waals surface area contributed by atoms with Gasteiger partial charge in [-0.3, -0.25) is 0 Å². The quantitative estimate of drug-likeness (QED) is 0.416. The summed E-state index contributed by atoms with van der Waals surface area (Å²) in [6.07, 6.45) is -10.1. The summed E-state index contributed by atoms with van der Waals surface area (Å²) in [6, 6.07) is 5.20. The standard InChI is InChI=1S/C10H4F6I2O4/c11-9(12,13)7(19)21-17-5-1-2-6(4-3-5)18-22-8(20)10(14,15)16/h1-4H. The van der Waals surface area contributed by atoms with Gasteiger partial charge >= 0.3 is 24.3 Å². The molecule has 0 saturated heterocycles. The monoisotopic (exact) mass is 556 g/mol. The summed E-state index contributed by atoms with van der Waals surface area (Å²) in [4.78, 5) is 21.0. The van der Waals surface area contributed by atoms with E-state index in [0.29, 0.717) is 7.14 Å². The van der Waals surface area contributed by atoms with Crippen molar-refractivity contribution in [1.82, 2.24) is 0 Å². The second-order valence-corrected chi connectivity index (χ2v) is 7.57. The third-order valence-corrected chi connectivity index (χ3v) is 5.36. The Labute approximate surface area is 140 Å². The average Bonchev–Trinajstić information content (AvgIpc) is 2.41. The summed E-state index contributed by atoms with van der Waals surface area (Å²) in [5.74, 6) is -4.59. The van der Waals surface area contributed by atoms with Crippen LogP contribution in [0, 0.1) is 7.14 Å². The lowest BCUT2D eigenvalue weighted by molar-refractivity contribution is -0.186. The van der Waals surface area contributed by atoms with E-state index in [1.54, 1.807) is 0 Å². The fraction of sp³-hybridized carbons (Fsp3) is 0.200. The molecule has 4 nitrogen and oxygen atoms in total. The van der Waals surface area contributed by atoms with Gasteiger partial charge < -0.3 is 6.13 Å². The summed E-state index contributed by atoms with van der Waals surface area (Å²) in [7, 11) is 0. The highest BCUT2D eigenvalue weighted by Gasteiger charge is 2.42. The largest absolute Gasteiger partial charge is 0.491 e. The van der Waals surface area contributed by atoms with Gasteiger partial charge in [-0.1, -0.05) is 0 Å². The summed E-state index contributed by atoms with van der Waals surface area (Å²) in [5.41, 5.74) is 0. The minimum absolute atomic E-state index is 0.311. The van der Waals surface area contributed by atoms with Gasteiger partial charge in [-0.05, 0) is 24.3 Å². The molecule has 0 unspecified atom stereocenters. The molecule has 0 saturated carbocycles. The highest BCUT2D eigenvalue weighted by molar-refractivity contribution is 14.2. The second kappa shape index (κ2) is 7.65. The molecular weight excluding hydrogens is 552 g/mol. The van der Waals surface area contributed by atoms with E-state index in [4.69, 9.17) is 0 Å². The molecule has 0 aliphatic heterocycles. The van der Waals surface area contributed by atoms with Crippen molar-refractivity contribution >= 4 is 55.2 Å². The first-order chi connectivity index (χ1) is 10.00. The number of carbonyl (C=O) groups excluding carboxylic acids is 2. The zero-order valence-corrected chi connectivity index (χ0v) is 14.3. The predicted octanol–water partition coefficient (Wildman–Crippen LogP) is 4.01.